The Bertz CT molecular complexity index is 1100. The number of benzene rings is 2. The topological polar surface area (TPSA) is 98.8 Å². The number of rotatable bonds is 3. The van der Waals surface area contributed by atoms with E-state index < -0.39 is 21.8 Å². The molecule has 8 nitrogen and oxygen atoms in total. The molecule has 2 heterocycles. The molecule has 0 bridgehead atoms. The highest BCUT2D eigenvalue weighted by Gasteiger charge is 2.33. The van der Waals surface area contributed by atoms with Gasteiger partial charge in [-0.2, -0.15) is 4.31 Å². The average Bonchev–Trinajstić information content (AvgIpc) is 2.84. The predicted octanol–water partition coefficient (Wildman–Crippen LogP) is 2.18. The van der Waals surface area contributed by atoms with Crippen LogP contribution in [0.25, 0.3) is 0 Å². The standard InChI is InChI=1S/C21H24N4O4S/c1-14-3-5-16(6-4-14)25-10-9-24(13-15(25)2)30(28,29)17-7-8-18-19(11-17)23-21(27)12-20(26)22-18/h3-8,11,15H,9-10,12-13H2,1-2H3,(H,22,26)(H,23,27)/t15-/m0/s1. The van der Waals surface area contributed by atoms with Crippen molar-refractivity contribution < 1.29 is 18.0 Å². The minimum Gasteiger partial charge on any atom is -0.366 e. The lowest BCUT2D eigenvalue weighted by Gasteiger charge is -2.40. The van der Waals surface area contributed by atoms with E-state index in [9.17, 15) is 18.0 Å². The molecule has 0 aromatic heterocycles. The molecule has 9 heteroatoms. The Balaban J connectivity index is 1.55. The molecule has 2 aromatic carbocycles. The maximum atomic E-state index is 13.2. The summed E-state index contributed by atoms with van der Waals surface area (Å²) in [5.74, 6) is -0.899. The molecule has 0 radical (unpaired) electrons. The first-order chi connectivity index (χ1) is 14.2. The van der Waals surface area contributed by atoms with Gasteiger partial charge >= 0.3 is 0 Å². The molecular formula is C21H24N4O4S. The molecular weight excluding hydrogens is 404 g/mol. The number of carbonyl (C=O) groups is 2. The third kappa shape index (κ3) is 3.90. The minimum absolute atomic E-state index is 0.0102. The van der Waals surface area contributed by atoms with Gasteiger partial charge in [-0.1, -0.05) is 17.7 Å². The number of hydrogen-bond acceptors (Lipinski definition) is 5. The van der Waals surface area contributed by atoms with Crippen molar-refractivity contribution in [1.82, 2.24) is 4.31 Å². The second kappa shape index (κ2) is 7.73. The summed E-state index contributed by atoms with van der Waals surface area (Å²) in [6.07, 6.45) is -0.296. The molecule has 1 atom stereocenters. The first kappa shape index (κ1) is 20.4. The third-order valence-corrected chi connectivity index (χ3v) is 7.32. The van der Waals surface area contributed by atoms with Crippen molar-refractivity contribution in [1.29, 1.82) is 0 Å². The van der Waals surface area contributed by atoms with Gasteiger partial charge in [0.05, 0.1) is 16.3 Å². The van der Waals surface area contributed by atoms with Crippen LogP contribution in [0.5, 0.6) is 0 Å². The number of carbonyl (C=O) groups excluding carboxylic acids is 2. The fourth-order valence-corrected chi connectivity index (χ4v) is 5.38. The van der Waals surface area contributed by atoms with Gasteiger partial charge in [0.2, 0.25) is 21.8 Å². The van der Waals surface area contributed by atoms with Crippen LogP contribution in [0.4, 0.5) is 17.1 Å². The lowest BCUT2D eigenvalue weighted by Crippen LogP contribution is -2.53. The van der Waals surface area contributed by atoms with Gasteiger partial charge in [0.1, 0.15) is 6.42 Å². The van der Waals surface area contributed by atoms with Crippen LogP contribution in [0.3, 0.4) is 0 Å². The van der Waals surface area contributed by atoms with Crippen LogP contribution in [0.1, 0.15) is 18.9 Å². The van der Waals surface area contributed by atoms with Crippen molar-refractivity contribution in [3.63, 3.8) is 0 Å². The molecule has 30 heavy (non-hydrogen) atoms. The van der Waals surface area contributed by atoms with Crippen molar-refractivity contribution in [3.8, 4) is 0 Å². The molecule has 0 spiro atoms. The summed E-state index contributed by atoms with van der Waals surface area (Å²) >= 11 is 0. The quantitative estimate of drug-likeness (QED) is 0.730. The summed E-state index contributed by atoms with van der Waals surface area (Å²) in [5, 5.41) is 5.21. The number of anilines is 3. The number of hydrogen-bond donors (Lipinski definition) is 2. The van der Waals surface area contributed by atoms with E-state index in [0.717, 1.165) is 5.69 Å². The largest absolute Gasteiger partial charge is 0.366 e. The second-order valence-electron chi connectivity index (χ2n) is 7.72. The second-order valence-corrected chi connectivity index (χ2v) is 9.66. The molecule has 0 saturated carbocycles. The molecule has 2 aliphatic heterocycles. The van der Waals surface area contributed by atoms with E-state index in [2.05, 4.69) is 27.7 Å². The van der Waals surface area contributed by atoms with E-state index >= 15 is 0 Å². The highest BCUT2D eigenvalue weighted by Crippen LogP contribution is 2.30. The van der Waals surface area contributed by atoms with Gasteiger partial charge < -0.3 is 15.5 Å². The van der Waals surface area contributed by atoms with Gasteiger partial charge in [-0.15, -0.1) is 0 Å². The smallest absolute Gasteiger partial charge is 0.243 e. The molecule has 0 unspecified atom stereocenters. The lowest BCUT2D eigenvalue weighted by atomic mass is 10.1. The van der Waals surface area contributed by atoms with Crippen molar-refractivity contribution in [2.24, 2.45) is 0 Å². The summed E-state index contributed by atoms with van der Waals surface area (Å²) in [5.41, 5.74) is 2.94. The highest BCUT2D eigenvalue weighted by molar-refractivity contribution is 7.89. The van der Waals surface area contributed by atoms with Crippen LogP contribution in [0, 0.1) is 6.92 Å². The first-order valence-electron chi connectivity index (χ1n) is 9.81. The molecule has 1 fully saturated rings. The predicted molar refractivity (Wildman–Crippen MR) is 115 cm³/mol. The maximum absolute atomic E-state index is 13.2. The van der Waals surface area contributed by atoms with Crippen LogP contribution < -0.4 is 15.5 Å². The number of nitrogens with one attached hydrogen (secondary N) is 2. The average molecular weight is 429 g/mol. The third-order valence-electron chi connectivity index (χ3n) is 5.45. The van der Waals surface area contributed by atoms with E-state index in [0.29, 0.717) is 31.0 Å². The van der Waals surface area contributed by atoms with Crippen LogP contribution in [0.2, 0.25) is 0 Å². The number of fused-ring (bicyclic) bond motifs is 1. The van der Waals surface area contributed by atoms with Crippen LogP contribution >= 0.6 is 0 Å². The van der Waals surface area contributed by atoms with Gasteiger partial charge in [-0.25, -0.2) is 8.42 Å². The van der Waals surface area contributed by atoms with Gasteiger partial charge in [-0.3, -0.25) is 9.59 Å². The van der Waals surface area contributed by atoms with E-state index in [1.807, 2.05) is 26.0 Å². The summed E-state index contributed by atoms with van der Waals surface area (Å²) in [6, 6.07) is 12.6. The normalized spacial score (nSPS) is 20.2. The lowest BCUT2D eigenvalue weighted by molar-refractivity contribution is -0.123. The Morgan fingerprint density at radius 2 is 1.60 bits per heavy atom. The number of piperazine rings is 1. The molecule has 1 saturated heterocycles. The van der Waals surface area contributed by atoms with Crippen LogP contribution in [-0.4, -0.2) is 50.2 Å². The monoisotopic (exact) mass is 428 g/mol. The van der Waals surface area contributed by atoms with Crippen molar-refractivity contribution >= 4 is 38.9 Å². The molecule has 2 amide bonds. The van der Waals surface area contributed by atoms with E-state index in [-0.39, 0.29) is 17.4 Å². The molecule has 158 valence electrons. The zero-order valence-electron chi connectivity index (χ0n) is 16.9. The van der Waals surface area contributed by atoms with Crippen molar-refractivity contribution in [2.45, 2.75) is 31.2 Å². The van der Waals surface area contributed by atoms with E-state index in [4.69, 9.17) is 0 Å². The zero-order chi connectivity index (χ0) is 21.5. The molecule has 4 rings (SSSR count). The Kier molecular flexibility index (Phi) is 5.25. The Hall–Kier alpha value is -2.91. The Morgan fingerprint density at radius 3 is 2.27 bits per heavy atom. The number of sulfonamides is 1. The zero-order valence-corrected chi connectivity index (χ0v) is 17.7. The molecule has 2 aliphatic rings. The van der Waals surface area contributed by atoms with Crippen LogP contribution in [0.15, 0.2) is 47.4 Å². The van der Waals surface area contributed by atoms with Gasteiger partial charge in [0.15, 0.2) is 0 Å². The van der Waals surface area contributed by atoms with Gasteiger partial charge in [-0.05, 0) is 44.2 Å². The van der Waals surface area contributed by atoms with Gasteiger partial charge in [0, 0.05) is 31.4 Å². The van der Waals surface area contributed by atoms with E-state index in [1.54, 1.807) is 0 Å². The fraction of sp³-hybridized carbons (Fsp3) is 0.333. The van der Waals surface area contributed by atoms with Crippen molar-refractivity contribution in [3.05, 3.63) is 48.0 Å². The highest BCUT2D eigenvalue weighted by atomic mass is 32.2. The van der Waals surface area contributed by atoms with Gasteiger partial charge in [0.25, 0.3) is 0 Å². The Morgan fingerprint density at radius 1 is 0.933 bits per heavy atom. The number of aryl methyl sites for hydroxylation is 1. The first-order valence-corrected chi connectivity index (χ1v) is 11.3. The van der Waals surface area contributed by atoms with E-state index in [1.165, 1.54) is 28.1 Å². The number of nitrogens with zero attached hydrogens (tertiary/aromatic N) is 2. The molecule has 2 N–H and O–H groups in total. The summed E-state index contributed by atoms with van der Waals surface area (Å²) in [6.45, 7) is 5.35. The Labute approximate surface area is 175 Å². The SMILES string of the molecule is Cc1ccc(N2CCN(S(=O)(=O)c3ccc4c(c3)NC(=O)CC(=O)N4)C[C@@H]2C)cc1. The van der Waals surface area contributed by atoms with Crippen LogP contribution in [-0.2, 0) is 19.6 Å². The summed E-state index contributed by atoms with van der Waals surface area (Å²) in [4.78, 5) is 25.8. The maximum Gasteiger partial charge on any atom is 0.243 e. The fourth-order valence-electron chi connectivity index (χ4n) is 3.84. The number of amides is 2. The molecule has 2 aromatic rings. The summed E-state index contributed by atoms with van der Waals surface area (Å²) < 4.78 is 28.0. The molecule has 0 aliphatic carbocycles. The van der Waals surface area contributed by atoms with Crippen molar-refractivity contribution in [2.75, 3.05) is 35.2 Å². The minimum atomic E-state index is -3.74. The summed E-state index contributed by atoms with van der Waals surface area (Å²) in [7, 11) is -3.74.